The summed E-state index contributed by atoms with van der Waals surface area (Å²) in [5, 5.41) is 17.5. The molecule has 0 radical (unpaired) electrons. The lowest BCUT2D eigenvalue weighted by molar-refractivity contribution is -0.118. The molecule has 1 atom stereocenters. The Morgan fingerprint density at radius 2 is 1.96 bits per heavy atom. The van der Waals surface area contributed by atoms with E-state index in [9.17, 15) is 9.90 Å². The molecule has 0 aliphatic heterocycles. The fourth-order valence-corrected chi connectivity index (χ4v) is 2.40. The molecule has 2 N–H and O–H groups in total. The van der Waals surface area contributed by atoms with Gasteiger partial charge in [0, 0.05) is 23.9 Å². The monoisotopic (exact) mass is 341 g/mol. The lowest BCUT2D eigenvalue weighted by atomic mass is 9.92. The number of para-hydroxylation sites is 1. The van der Waals surface area contributed by atoms with Crippen molar-refractivity contribution in [3.05, 3.63) is 53.4 Å². The van der Waals surface area contributed by atoms with E-state index in [1.165, 1.54) is 6.08 Å². The molecule has 25 heavy (non-hydrogen) atoms. The number of carbonyl (C=O) groups is 1. The quantitative estimate of drug-likeness (QED) is 0.794. The first-order chi connectivity index (χ1) is 11.7. The molecule has 0 saturated heterocycles. The van der Waals surface area contributed by atoms with Crippen LogP contribution in [0.25, 0.3) is 11.8 Å². The third kappa shape index (κ3) is 4.57. The van der Waals surface area contributed by atoms with E-state index in [4.69, 9.17) is 0 Å². The van der Waals surface area contributed by atoms with Crippen molar-refractivity contribution in [2.24, 2.45) is 5.92 Å². The lowest BCUT2D eigenvalue weighted by Gasteiger charge is -2.27. The molecule has 1 amide bonds. The largest absolute Gasteiger partial charge is 0.388 e. The maximum Gasteiger partial charge on any atom is 0.244 e. The summed E-state index contributed by atoms with van der Waals surface area (Å²) in [6.07, 6.45) is 3.26. The highest BCUT2D eigenvalue weighted by molar-refractivity contribution is 5.92. The van der Waals surface area contributed by atoms with Crippen molar-refractivity contribution in [2.75, 3.05) is 6.54 Å². The van der Waals surface area contributed by atoms with Crippen molar-refractivity contribution in [1.29, 1.82) is 0 Å². The Kier molecular flexibility index (Phi) is 5.80. The van der Waals surface area contributed by atoms with Crippen LogP contribution in [-0.4, -0.2) is 32.9 Å². The number of carbonyl (C=O) groups excluding carboxylic acids is 1. The molecule has 0 aliphatic carbocycles. The van der Waals surface area contributed by atoms with Gasteiger partial charge in [-0.05, 0) is 44.9 Å². The molecule has 1 aromatic heterocycles. The van der Waals surface area contributed by atoms with Gasteiger partial charge in [-0.2, -0.15) is 5.10 Å². The minimum atomic E-state index is -0.923. The number of aliphatic hydroxyl groups is 1. The average molecular weight is 341 g/mol. The molecule has 0 fully saturated rings. The minimum Gasteiger partial charge on any atom is -0.388 e. The van der Waals surface area contributed by atoms with Crippen molar-refractivity contribution in [1.82, 2.24) is 15.1 Å². The summed E-state index contributed by atoms with van der Waals surface area (Å²) in [4.78, 5) is 12.0. The van der Waals surface area contributed by atoms with Crippen LogP contribution in [0.3, 0.4) is 0 Å². The van der Waals surface area contributed by atoms with Gasteiger partial charge in [-0.1, -0.05) is 32.0 Å². The Morgan fingerprint density at radius 3 is 2.56 bits per heavy atom. The lowest BCUT2D eigenvalue weighted by Crippen LogP contribution is -2.43. The zero-order valence-electron chi connectivity index (χ0n) is 15.6. The van der Waals surface area contributed by atoms with Crippen LogP contribution >= 0.6 is 0 Å². The second kappa shape index (κ2) is 7.66. The predicted octanol–water partition coefficient (Wildman–Crippen LogP) is 3.03. The number of aryl methyl sites for hydroxylation is 1. The van der Waals surface area contributed by atoms with E-state index < -0.39 is 5.60 Å². The van der Waals surface area contributed by atoms with Crippen LogP contribution in [0, 0.1) is 19.8 Å². The number of nitrogens with zero attached hydrogens (tertiary/aromatic N) is 2. The SMILES string of the molecule is Cc1nn(-c2ccccc2)c(C)c1C=CC(=O)NCC(C)(O)C(C)C. The molecule has 0 bridgehead atoms. The van der Waals surface area contributed by atoms with Crippen molar-refractivity contribution >= 4 is 12.0 Å². The van der Waals surface area contributed by atoms with Crippen molar-refractivity contribution in [3.63, 3.8) is 0 Å². The Bertz CT molecular complexity index is 759. The third-order valence-electron chi connectivity index (χ3n) is 4.61. The third-order valence-corrected chi connectivity index (χ3v) is 4.61. The van der Waals surface area contributed by atoms with Crippen LogP contribution in [0.5, 0.6) is 0 Å². The molecule has 5 nitrogen and oxygen atoms in total. The molecule has 0 aliphatic rings. The van der Waals surface area contributed by atoms with Crippen molar-refractivity contribution < 1.29 is 9.90 Å². The second-order valence-corrected chi connectivity index (χ2v) is 6.89. The maximum absolute atomic E-state index is 12.0. The number of aromatic nitrogens is 2. The van der Waals surface area contributed by atoms with Gasteiger partial charge in [-0.25, -0.2) is 4.68 Å². The van der Waals surface area contributed by atoms with Gasteiger partial charge in [0.2, 0.25) is 5.91 Å². The van der Waals surface area contributed by atoms with E-state index in [-0.39, 0.29) is 18.4 Å². The highest BCUT2D eigenvalue weighted by atomic mass is 16.3. The molecule has 1 heterocycles. The van der Waals surface area contributed by atoms with E-state index in [1.54, 1.807) is 13.0 Å². The van der Waals surface area contributed by atoms with E-state index in [0.29, 0.717) is 0 Å². The molecule has 134 valence electrons. The molecule has 1 unspecified atom stereocenters. The molecule has 2 aromatic rings. The van der Waals surface area contributed by atoms with Crippen LogP contribution in [0.15, 0.2) is 36.4 Å². The Labute approximate surface area is 149 Å². The van der Waals surface area contributed by atoms with Gasteiger partial charge in [-0.3, -0.25) is 4.79 Å². The predicted molar refractivity (Wildman–Crippen MR) is 101 cm³/mol. The first-order valence-electron chi connectivity index (χ1n) is 8.52. The van der Waals surface area contributed by atoms with Gasteiger partial charge in [-0.15, -0.1) is 0 Å². The number of nitrogens with one attached hydrogen (secondary N) is 1. The first-order valence-corrected chi connectivity index (χ1v) is 8.52. The molecular weight excluding hydrogens is 314 g/mol. The average Bonchev–Trinajstić information content (AvgIpc) is 2.86. The fraction of sp³-hybridized carbons (Fsp3) is 0.400. The molecule has 0 spiro atoms. The molecule has 2 rings (SSSR count). The van der Waals surface area contributed by atoms with Crippen LogP contribution in [0.2, 0.25) is 0 Å². The van der Waals surface area contributed by atoms with E-state index in [0.717, 1.165) is 22.6 Å². The molecule has 0 saturated carbocycles. The van der Waals surface area contributed by atoms with E-state index in [2.05, 4.69) is 10.4 Å². The highest BCUT2D eigenvalue weighted by Gasteiger charge is 2.24. The summed E-state index contributed by atoms with van der Waals surface area (Å²) in [7, 11) is 0. The van der Waals surface area contributed by atoms with Gasteiger partial charge in [0.1, 0.15) is 0 Å². The summed E-state index contributed by atoms with van der Waals surface area (Å²) in [5.41, 5.74) is 2.82. The Hall–Kier alpha value is -2.40. The molecular formula is C20H27N3O2. The first kappa shape index (κ1) is 18.9. The number of hydrogen-bond acceptors (Lipinski definition) is 3. The number of benzene rings is 1. The number of hydrogen-bond donors (Lipinski definition) is 2. The summed E-state index contributed by atoms with van der Waals surface area (Å²) in [6.45, 7) is 9.69. The topological polar surface area (TPSA) is 67.2 Å². The van der Waals surface area contributed by atoms with E-state index in [1.807, 2.05) is 62.7 Å². The smallest absolute Gasteiger partial charge is 0.244 e. The normalized spacial score (nSPS) is 14.0. The Morgan fingerprint density at radius 1 is 1.32 bits per heavy atom. The van der Waals surface area contributed by atoms with Crippen LogP contribution in [0.1, 0.15) is 37.7 Å². The van der Waals surface area contributed by atoms with Gasteiger partial charge in [0.15, 0.2) is 0 Å². The zero-order valence-corrected chi connectivity index (χ0v) is 15.6. The number of rotatable bonds is 6. The summed E-state index contributed by atoms with van der Waals surface area (Å²) in [6, 6.07) is 9.89. The van der Waals surface area contributed by atoms with Gasteiger partial charge in [0.05, 0.1) is 17.0 Å². The second-order valence-electron chi connectivity index (χ2n) is 6.89. The van der Waals surface area contributed by atoms with Gasteiger partial charge >= 0.3 is 0 Å². The summed E-state index contributed by atoms with van der Waals surface area (Å²) >= 11 is 0. The maximum atomic E-state index is 12.0. The van der Waals surface area contributed by atoms with E-state index >= 15 is 0 Å². The van der Waals surface area contributed by atoms with Crippen molar-refractivity contribution in [3.8, 4) is 5.69 Å². The zero-order chi connectivity index (χ0) is 18.6. The number of amides is 1. The van der Waals surface area contributed by atoms with Gasteiger partial charge in [0.25, 0.3) is 0 Å². The minimum absolute atomic E-state index is 0.0605. The summed E-state index contributed by atoms with van der Waals surface area (Å²) < 4.78 is 1.87. The molecule has 1 aromatic carbocycles. The van der Waals surface area contributed by atoms with Crippen LogP contribution < -0.4 is 5.32 Å². The fourth-order valence-electron chi connectivity index (χ4n) is 2.40. The van der Waals surface area contributed by atoms with Crippen LogP contribution in [-0.2, 0) is 4.79 Å². The standard InChI is InChI=1S/C20H27N3O2/c1-14(2)20(5,25)13-21-19(24)12-11-18-15(3)22-23(16(18)4)17-9-7-6-8-10-17/h6-12,14,25H,13H2,1-5H3,(H,21,24). The Balaban J connectivity index is 2.11. The summed E-state index contributed by atoms with van der Waals surface area (Å²) in [5.74, 6) is -0.169. The molecule has 5 heteroatoms. The van der Waals surface area contributed by atoms with Crippen molar-refractivity contribution in [2.45, 2.75) is 40.2 Å². The van der Waals surface area contributed by atoms with Crippen LogP contribution in [0.4, 0.5) is 0 Å². The van der Waals surface area contributed by atoms with Gasteiger partial charge < -0.3 is 10.4 Å². The highest BCUT2D eigenvalue weighted by Crippen LogP contribution is 2.19.